The zero-order valence-electron chi connectivity index (χ0n) is 16.6. The summed E-state index contributed by atoms with van der Waals surface area (Å²) in [7, 11) is 0. The molecule has 0 aromatic carbocycles. The number of fused-ring (bicyclic) bond motifs is 1. The van der Waals surface area contributed by atoms with Crippen molar-refractivity contribution in [3.63, 3.8) is 0 Å². The van der Waals surface area contributed by atoms with Crippen molar-refractivity contribution in [1.82, 2.24) is 20.0 Å². The third kappa shape index (κ3) is 5.54. The molecule has 0 saturated carbocycles. The Morgan fingerprint density at radius 2 is 1.75 bits per heavy atom. The normalized spacial score (nSPS) is 17.3. The Balaban J connectivity index is 1.35. The molecule has 2 aliphatic heterocycles. The minimum absolute atomic E-state index is 0.0386. The van der Waals surface area contributed by atoms with E-state index in [0.29, 0.717) is 45.8 Å². The zero-order chi connectivity index (χ0) is 19.9. The van der Waals surface area contributed by atoms with Crippen LogP contribution in [0.3, 0.4) is 0 Å². The van der Waals surface area contributed by atoms with Gasteiger partial charge in [0.05, 0.1) is 6.54 Å². The van der Waals surface area contributed by atoms with Crippen molar-refractivity contribution < 1.29 is 14.4 Å². The second kappa shape index (κ2) is 10.0. The zero-order valence-corrected chi connectivity index (χ0v) is 17.4. The van der Waals surface area contributed by atoms with Gasteiger partial charge >= 0.3 is 0 Å². The highest BCUT2D eigenvalue weighted by Crippen LogP contribution is 2.24. The minimum atomic E-state index is 0.0386. The van der Waals surface area contributed by atoms with Crippen LogP contribution in [-0.4, -0.2) is 78.2 Å². The standard InChI is InChI=1S/C20H30N4O3S/c1-2-7-21-18(25)15-22-9-11-23(12-10-22)19(26)3-4-20(27)24-8-5-17-16(14-24)6-13-28-17/h6,13H,2-5,7-12,14-15H2,1H3,(H,21,25). The van der Waals surface area contributed by atoms with E-state index < -0.39 is 0 Å². The van der Waals surface area contributed by atoms with Crippen LogP contribution in [0.2, 0.25) is 0 Å². The van der Waals surface area contributed by atoms with Crippen LogP contribution in [-0.2, 0) is 27.3 Å². The molecule has 154 valence electrons. The summed E-state index contributed by atoms with van der Waals surface area (Å²) in [6, 6.07) is 2.09. The number of thiophene rings is 1. The second-order valence-electron chi connectivity index (χ2n) is 7.44. The van der Waals surface area contributed by atoms with Gasteiger partial charge in [-0.15, -0.1) is 11.3 Å². The van der Waals surface area contributed by atoms with Gasteiger partial charge in [0.15, 0.2) is 0 Å². The molecule has 1 fully saturated rings. The summed E-state index contributed by atoms with van der Waals surface area (Å²) in [5.41, 5.74) is 1.25. The maximum atomic E-state index is 12.5. The van der Waals surface area contributed by atoms with Gasteiger partial charge in [0.2, 0.25) is 17.7 Å². The van der Waals surface area contributed by atoms with Crippen molar-refractivity contribution in [3.8, 4) is 0 Å². The molecule has 1 N–H and O–H groups in total. The largest absolute Gasteiger partial charge is 0.355 e. The van der Waals surface area contributed by atoms with Gasteiger partial charge in [-0.2, -0.15) is 0 Å². The summed E-state index contributed by atoms with van der Waals surface area (Å²) >= 11 is 1.76. The molecule has 7 nitrogen and oxygen atoms in total. The molecule has 3 heterocycles. The number of hydrogen-bond donors (Lipinski definition) is 1. The van der Waals surface area contributed by atoms with Crippen molar-refractivity contribution in [2.45, 2.75) is 39.2 Å². The number of hydrogen-bond acceptors (Lipinski definition) is 5. The molecular weight excluding hydrogens is 376 g/mol. The Kier molecular flexibility index (Phi) is 7.44. The monoisotopic (exact) mass is 406 g/mol. The average Bonchev–Trinajstić information content (AvgIpc) is 3.18. The molecular formula is C20H30N4O3S. The SMILES string of the molecule is CCCNC(=O)CN1CCN(C(=O)CCC(=O)N2CCc3sccc3C2)CC1. The van der Waals surface area contributed by atoms with Crippen LogP contribution in [0.4, 0.5) is 0 Å². The fourth-order valence-corrected chi connectivity index (χ4v) is 4.56. The summed E-state index contributed by atoms with van der Waals surface area (Å²) in [5, 5.41) is 4.96. The lowest BCUT2D eigenvalue weighted by atomic mass is 10.1. The molecule has 0 spiro atoms. The summed E-state index contributed by atoms with van der Waals surface area (Å²) in [4.78, 5) is 43.9. The van der Waals surface area contributed by atoms with Crippen LogP contribution in [0.25, 0.3) is 0 Å². The van der Waals surface area contributed by atoms with Crippen LogP contribution in [0.5, 0.6) is 0 Å². The van der Waals surface area contributed by atoms with Gasteiger partial charge < -0.3 is 15.1 Å². The van der Waals surface area contributed by atoms with Crippen LogP contribution < -0.4 is 5.32 Å². The van der Waals surface area contributed by atoms with E-state index in [9.17, 15) is 14.4 Å². The molecule has 1 aromatic heterocycles. The maximum Gasteiger partial charge on any atom is 0.234 e. The predicted molar refractivity (Wildman–Crippen MR) is 109 cm³/mol. The fraction of sp³-hybridized carbons (Fsp3) is 0.650. The van der Waals surface area contributed by atoms with E-state index in [1.54, 1.807) is 11.3 Å². The summed E-state index contributed by atoms with van der Waals surface area (Å²) in [6.07, 6.45) is 2.39. The first-order valence-corrected chi connectivity index (χ1v) is 11.0. The lowest BCUT2D eigenvalue weighted by Gasteiger charge is -2.34. The van der Waals surface area contributed by atoms with Crippen molar-refractivity contribution in [3.05, 3.63) is 21.9 Å². The molecule has 2 aliphatic rings. The van der Waals surface area contributed by atoms with Crippen LogP contribution in [0, 0.1) is 0 Å². The summed E-state index contributed by atoms with van der Waals surface area (Å²) in [6.45, 7) is 7.19. The third-order valence-corrected chi connectivity index (χ3v) is 6.40. The number of amides is 3. The van der Waals surface area contributed by atoms with E-state index >= 15 is 0 Å². The summed E-state index contributed by atoms with van der Waals surface area (Å²) < 4.78 is 0. The van der Waals surface area contributed by atoms with E-state index in [-0.39, 0.29) is 30.6 Å². The molecule has 28 heavy (non-hydrogen) atoms. The number of rotatable bonds is 7. The van der Waals surface area contributed by atoms with Gasteiger partial charge in [0, 0.05) is 63.5 Å². The predicted octanol–water partition coefficient (Wildman–Crippen LogP) is 1.08. The molecule has 1 aromatic rings. The van der Waals surface area contributed by atoms with Crippen molar-refractivity contribution in [2.24, 2.45) is 0 Å². The molecule has 0 atom stereocenters. The summed E-state index contributed by atoms with van der Waals surface area (Å²) in [5.74, 6) is 0.149. The lowest BCUT2D eigenvalue weighted by Crippen LogP contribution is -2.51. The first-order chi connectivity index (χ1) is 13.6. The third-order valence-electron chi connectivity index (χ3n) is 5.38. The molecule has 1 saturated heterocycles. The highest BCUT2D eigenvalue weighted by atomic mass is 32.1. The molecule has 0 bridgehead atoms. The Morgan fingerprint density at radius 1 is 1.04 bits per heavy atom. The van der Waals surface area contributed by atoms with Crippen LogP contribution in [0.1, 0.15) is 36.6 Å². The van der Waals surface area contributed by atoms with Gasteiger partial charge in [-0.3, -0.25) is 19.3 Å². The van der Waals surface area contributed by atoms with Crippen LogP contribution in [0.15, 0.2) is 11.4 Å². The highest BCUT2D eigenvalue weighted by Gasteiger charge is 2.25. The molecule has 0 aliphatic carbocycles. The Morgan fingerprint density at radius 3 is 2.46 bits per heavy atom. The van der Waals surface area contributed by atoms with Crippen molar-refractivity contribution in [2.75, 3.05) is 45.8 Å². The lowest BCUT2D eigenvalue weighted by molar-refractivity contribution is -0.138. The van der Waals surface area contributed by atoms with Gasteiger partial charge in [0.25, 0.3) is 0 Å². The Bertz CT molecular complexity index is 697. The van der Waals surface area contributed by atoms with Crippen LogP contribution >= 0.6 is 11.3 Å². The first kappa shape index (κ1) is 20.8. The highest BCUT2D eigenvalue weighted by molar-refractivity contribution is 7.10. The van der Waals surface area contributed by atoms with E-state index in [1.165, 1.54) is 10.4 Å². The van der Waals surface area contributed by atoms with Crippen molar-refractivity contribution >= 4 is 29.1 Å². The van der Waals surface area contributed by atoms with E-state index in [0.717, 1.165) is 19.4 Å². The van der Waals surface area contributed by atoms with Gasteiger partial charge in [-0.05, 0) is 29.9 Å². The smallest absolute Gasteiger partial charge is 0.234 e. The number of nitrogens with zero attached hydrogens (tertiary/aromatic N) is 3. The molecule has 3 rings (SSSR count). The quantitative estimate of drug-likeness (QED) is 0.736. The molecule has 0 unspecified atom stereocenters. The number of carbonyl (C=O) groups is 3. The Labute approximate surface area is 170 Å². The number of nitrogens with one attached hydrogen (secondary N) is 1. The fourth-order valence-electron chi connectivity index (χ4n) is 3.67. The number of piperazine rings is 1. The maximum absolute atomic E-state index is 12.5. The van der Waals surface area contributed by atoms with Gasteiger partial charge in [-0.1, -0.05) is 6.92 Å². The van der Waals surface area contributed by atoms with Gasteiger partial charge in [-0.25, -0.2) is 0 Å². The minimum Gasteiger partial charge on any atom is -0.355 e. The first-order valence-electron chi connectivity index (χ1n) is 10.2. The molecule has 3 amide bonds. The van der Waals surface area contributed by atoms with E-state index in [1.807, 2.05) is 16.7 Å². The van der Waals surface area contributed by atoms with E-state index in [2.05, 4.69) is 21.7 Å². The van der Waals surface area contributed by atoms with Gasteiger partial charge in [0.1, 0.15) is 0 Å². The Hall–Kier alpha value is -1.93. The topological polar surface area (TPSA) is 73.0 Å². The average molecular weight is 407 g/mol. The van der Waals surface area contributed by atoms with E-state index in [4.69, 9.17) is 0 Å². The van der Waals surface area contributed by atoms with Crippen molar-refractivity contribution in [1.29, 1.82) is 0 Å². The number of carbonyl (C=O) groups excluding carboxylic acids is 3. The molecule has 0 radical (unpaired) electrons. The second-order valence-corrected chi connectivity index (χ2v) is 8.44. The molecule has 8 heteroatoms.